The minimum absolute atomic E-state index is 0.0903. The van der Waals surface area contributed by atoms with Crippen LogP contribution in [-0.4, -0.2) is 11.8 Å². The van der Waals surface area contributed by atoms with E-state index in [2.05, 4.69) is 5.43 Å². The molecule has 0 aromatic carbocycles. The van der Waals surface area contributed by atoms with Gasteiger partial charge in [-0.15, -0.1) is 0 Å². The number of hydrogen-bond acceptors (Lipinski definition) is 3. The van der Waals surface area contributed by atoms with Crippen LogP contribution in [0.1, 0.15) is 20.8 Å². The highest BCUT2D eigenvalue weighted by molar-refractivity contribution is 5.81. The average Bonchev–Trinajstić information content (AvgIpc) is 1.64. The Labute approximate surface area is 55.6 Å². The van der Waals surface area contributed by atoms with Gasteiger partial charge in [-0.05, 0) is 12.8 Å². The van der Waals surface area contributed by atoms with E-state index in [4.69, 9.17) is 5.84 Å². The Morgan fingerprint density at radius 2 is 2.00 bits per heavy atom. The van der Waals surface area contributed by atoms with Gasteiger partial charge in [-0.1, -0.05) is 13.8 Å². The van der Waals surface area contributed by atoms with E-state index in [9.17, 15) is 4.79 Å². The Kier molecular flexibility index (Phi) is 3.42. The first-order valence-corrected chi connectivity index (χ1v) is 3.06. The van der Waals surface area contributed by atoms with Crippen molar-refractivity contribution in [3.63, 3.8) is 0 Å². The van der Waals surface area contributed by atoms with Gasteiger partial charge in [0.1, 0.15) is 5.78 Å². The SMILES string of the molecule is CC(=O)C(NN)C(C)C. The Hall–Kier alpha value is -0.410. The first kappa shape index (κ1) is 8.59. The lowest BCUT2D eigenvalue weighted by Gasteiger charge is -2.15. The number of nitrogens with one attached hydrogen (secondary N) is 1. The number of hydrogen-bond donors (Lipinski definition) is 2. The highest BCUT2D eigenvalue weighted by Gasteiger charge is 2.14. The second-order valence-corrected chi connectivity index (χ2v) is 2.50. The van der Waals surface area contributed by atoms with Crippen LogP contribution in [0.2, 0.25) is 0 Å². The molecule has 1 unspecified atom stereocenters. The van der Waals surface area contributed by atoms with Gasteiger partial charge in [0, 0.05) is 0 Å². The molecule has 0 aliphatic carbocycles. The summed E-state index contributed by atoms with van der Waals surface area (Å²) in [6.45, 7) is 5.43. The molecule has 0 spiro atoms. The van der Waals surface area contributed by atoms with E-state index in [0.29, 0.717) is 0 Å². The predicted molar refractivity (Wildman–Crippen MR) is 36.6 cm³/mol. The molecule has 1 atom stereocenters. The molecule has 0 rings (SSSR count). The molecular formula is C6H14N2O. The monoisotopic (exact) mass is 130 g/mol. The van der Waals surface area contributed by atoms with Crippen LogP contribution in [0.3, 0.4) is 0 Å². The summed E-state index contributed by atoms with van der Waals surface area (Å²) < 4.78 is 0. The number of Topliss-reactive ketones (excluding diaryl/α,β-unsaturated/α-hetero) is 1. The summed E-state index contributed by atoms with van der Waals surface area (Å²) in [6.07, 6.45) is 0. The minimum atomic E-state index is -0.190. The number of hydrazine groups is 1. The lowest BCUT2D eigenvalue weighted by molar-refractivity contribution is -0.119. The first-order valence-electron chi connectivity index (χ1n) is 3.06. The van der Waals surface area contributed by atoms with Gasteiger partial charge in [0.2, 0.25) is 0 Å². The minimum Gasteiger partial charge on any atom is -0.298 e. The van der Waals surface area contributed by atoms with Crippen molar-refractivity contribution >= 4 is 5.78 Å². The quantitative estimate of drug-likeness (QED) is 0.419. The Morgan fingerprint density at radius 1 is 1.56 bits per heavy atom. The molecule has 3 nitrogen and oxygen atoms in total. The summed E-state index contributed by atoms with van der Waals surface area (Å²) in [5.41, 5.74) is 2.45. The predicted octanol–water partition coefficient (Wildman–Crippen LogP) is 0.0633. The molecule has 0 saturated carbocycles. The summed E-state index contributed by atoms with van der Waals surface area (Å²) in [7, 11) is 0. The van der Waals surface area contributed by atoms with Gasteiger partial charge in [0.05, 0.1) is 6.04 Å². The summed E-state index contributed by atoms with van der Waals surface area (Å²) >= 11 is 0. The van der Waals surface area contributed by atoms with Crippen LogP contribution in [0.25, 0.3) is 0 Å². The van der Waals surface area contributed by atoms with Gasteiger partial charge in [0.25, 0.3) is 0 Å². The van der Waals surface area contributed by atoms with Crippen molar-refractivity contribution < 1.29 is 4.79 Å². The third-order valence-corrected chi connectivity index (χ3v) is 1.28. The van der Waals surface area contributed by atoms with Crippen LogP contribution < -0.4 is 11.3 Å². The first-order chi connectivity index (χ1) is 4.09. The fourth-order valence-electron chi connectivity index (χ4n) is 0.779. The van der Waals surface area contributed by atoms with Crippen molar-refractivity contribution in [2.75, 3.05) is 0 Å². The van der Waals surface area contributed by atoms with Crippen LogP contribution in [0.15, 0.2) is 0 Å². The third kappa shape index (κ3) is 2.58. The molecule has 0 aromatic heterocycles. The number of ketones is 1. The molecule has 0 amide bonds. The largest absolute Gasteiger partial charge is 0.298 e. The molecule has 0 heterocycles. The molecule has 0 aromatic rings. The summed E-state index contributed by atoms with van der Waals surface area (Å²) in [5.74, 6) is 5.46. The van der Waals surface area contributed by atoms with Gasteiger partial charge in [-0.25, -0.2) is 5.43 Å². The molecule has 0 aliphatic heterocycles. The van der Waals surface area contributed by atoms with Crippen molar-refractivity contribution in [2.24, 2.45) is 11.8 Å². The van der Waals surface area contributed by atoms with Gasteiger partial charge >= 0.3 is 0 Å². The Bertz CT molecular complexity index is 101. The Morgan fingerprint density at radius 3 is 2.00 bits per heavy atom. The van der Waals surface area contributed by atoms with E-state index in [1.807, 2.05) is 13.8 Å². The van der Waals surface area contributed by atoms with E-state index in [0.717, 1.165) is 0 Å². The van der Waals surface area contributed by atoms with Crippen molar-refractivity contribution in [3.05, 3.63) is 0 Å². The highest BCUT2D eigenvalue weighted by atomic mass is 16.1. The normalized spacial score (nSPS) is 13.9. The van der Waals surface area contributed by atoms with Crippen LogP contribution in [0, 0.1) is 5.92 Å². The van der Waals surface area contributed by atoms with Crippen molar-refractivity contribution in [1.29, 1.82) is 0 Å². The second-order valence-electron chi connectivity index (χ2n) is 2.50. The molecule has 3 N–H and O–H groups in total. The molecule has 9 heavy (non-hydrogen) atoms. The maximum absolute atomic E-state index is 10.7. The van der Waals surface area contributed by atoms with E-state index < -0.39 is 0 Å². The lowest BCUT2D eigenvalue weighted by Crippen LogP contribution is -2.43. The molecule has 3 heteroatoms. The zero-order valence-electron chi connectivity index (χ0n) is 6.14. The third-order valence-electron chi connectivity index (χ3n) is 1.28. The van der Waals surface area contributed by atoms with Gasteiger partial charge in [0.15, 0.2) is 0 Å². The maximum Gasteiger partial charge on any atom is 0.148 e. The smallest absolute Gasteiger partial charge is 0.148 e. The highest BCUT2D eigenvalue weighted by Crippen LogP contribution is 1.99. The summed E-state index contributed by atoms with van der Waals surface area (Å²) in [4.78, 5) is 10.7. The van der Waals surface area contributed by atoms with Crippen LogP contribution in [0.4, 0.5) is 0 Å². The van der Waals surface area contributed by atoms with Crippen LogP contribution in [-0.2, 0) is 4.79 Å². The van der Waals surface area contributed by atoms with E-state index in [-0.39, 0.29) is 17.7 Å². The maximum atomic E-state index is 10.7. The Balaban J connectivity index is 3.83. The molecule has 0 aliphatic rings. The van der Waals surface area contributed by atoms with Crippen molar-refractivity contribution in [1.82, 2.24) is 5.43 Å². The van der Waals surface area contributed by atoms with Crippen LogP contribution in [0.5, 0.6) is 0 Å². The number of carbonyl (C=O) groups excluding carboxylic acids is 1. The van der Waals surface area contributed by atoms with Gasteiger partial charge < -0.3 is 0 Å². The van der Waals surface area contributed by atoms with E-state index >= 15 is 0 Å². The zero-order chi connectivity index (χ0) is 7.44. The second kappa shape index (κ2) is 3.58. The van der Waals surface area contributed by atoms with Crippen molar-refractivity contribution in [2.45, 2.75) is 26.8 Å². The average molecular weight is 130 g/mol. The zero-order valence-corrected chi connectivity index (χ0v) is 6.14. The fraction of sp³-hybridized carbons (Fsp3) is 0.833. The molecule has 0 radical (unpaired) electrons. The van der Waals surface area contributed by atoms with Crippen molar-refractivity contribution in [3.8, 4) is 0 Å². The lowest BCUT2D eigenvalue weighted by atomic mass is 10.0. The standard InChI is InChI=1S/C6H14N2O/c1-4(2)6(8-7)5(3)9/h4,6,8H,7H2,1-3H3. The molecule has 0 bridgehead atoms. The van der Waals surface area contributed by atoms with Gasteiger partial charge in [-0.3, -0.25) is 10.6 Å². The molecule has 0 saturated heterocycles. The number of nitrogens with two attached hydrogens (primary N) is 1. The van der Waals surface area contributed by atoms with E-state index in [1.54, 1.807) is 0 Å². The topological polar surface area (TPSA) is 55.1 Å². The van der Waals surface area contributed by atoms with Gasteiger partial charge in [-0.2, -0.15) is 0 Å². The number of carbonyl (C=O) groups is 1. The fourth-order valence-corrected chi connectivity index (χ4v) is 0.779. The summed E-state index contributed by atoms with van der Waals surface area (Å²) in [6, 6.07) is -0.190. The molecule has 0 fully saturated rings. The number of rotatable bonds is 3. The van der Waals surface area contributed by atoms with Crippen LogP contribution >= 0.6 is 0 Å². The van der Waals surface area contributed by atoms with E-state index in [1.165, 1.54) is 6.92 Å². The summed E-state index contributed by atoms with van der Waals surface area (Å²) in [5, 5.41) is 0. The molecular weight excluding hydrogens is 116 g/mol. The molecule has 54 valence electrons.